The van der Waals surface area contributed by atoms with E-state index in [2.05, 4.69) is 26.6 Å². The third-order valence-electron chi connectivity index (χ3n) is 5.90. The third-order valence-corrected chi connectivity index (χ3v) is 6.83. The van der Waals surface area contributed by atoms with E-state index in [-0.39, 0.29) is 5.91 Å². The number of carbonyl (C=O) groups excluding carboxylic acids is 2. The minimum Gasteiger partial charge on any atom is -0.355 e. The van der Waals surface area contributed by atoms with Crippen LogP contribution in [0.3, 0.4) is 0 Å². The lowest BCUT2D eigenvalue weighted by Gasteiger charge is -2.52. The Bertz CT molecular complexity index is 618. The van der Waals surface area contributed by atoms with Crippen LogP contribution < -0.4 is 5.32 Å². The quantitative estimate of drug-likeness (QED) is 0.869. The zero-order chi connectivity index (χ0) is 17.2. The second-order valence-corrected chi connectivity index (χ2v) is 8.77. The Labute approximate surface area is 153 Å². The van der Waals surface area contributed by atoms with Gasteiger partial charge in [0, 0.05) is 43.5 Å². The molecule has 0 unspecified atom stereocenters. The average Bonchev–Trinajstić information content (AvgIpc) is 3.09. The lowest BCUT2D eigenvalue weighted by atomic mass is 9.76. The zero-order valence-corrected chi connectivity index (χ0v) is 15.5. The number of nitrogens with zero attached hydrogens (tertiary/aromatic N) is 2. The van der Waals surface area contributed by atoms with Crippen molar-refractivity contribution in [2.24, 2.45) is 11.8 Å². The molecule has 6 heteroatoms. The molecule has 3 aliphatic heterocycles. The van der Waals surface area contributed by atoms with Gasteiger partial charge in [0.25, 0.3) is 0 Å². The predicted octanol–water partition coefficient (Wildman–Crippen LogP) is 1.74. The molecule has 2 bridgehead atoms. The van der Waals surface area contributed by atoms with Crippen molar-refractivity contribution in [2.75, 3.05) is 32.7 Å². The molecule has 1 N–H and O–H groups in total. The fourth-order valence-corrected chi connectivity index (χ4v) is 5.59. The van der Waals surface area contributed by atoms with Gasteiger partial charge in [-0.15, -0.1) is 11.3 Å². The Morgan fingerprint density at radius 1 is 1.32 bits per heavy atom. The molecular formula is C19H27N3O2S. The lowest BCUT2D eigenvalue weighted by Crippen LogP contribution is -2.61. The first-order chi connectivity index (χ1) is 12.2. The summed E-state index contributed by atoms with van der Waals surface area (Å²) in [6.45, 7) is 4.02. The van der Waals surface area contributed by atoms with Crippen LogP contribution in [-0.2, 0) is 16.0 Å². The van der Waals surface area contributed by atoms with Crippen molar-refractivity contribution in [3.8, 4) is 0 Å². The van der Waals surface area contributed by atoms with Gasteiger partial charge in [-0.05, 0) is 49.0 Å². The average molecular weight is 362 g/mol. The molecule has 3 atom stereocenters. The number of amides is 2. The van der Waals surface area contributed by atoms with E-state index < -0.39 is 0 Å². The van der Waals surface area contributed by atoms with E-state index in [0.29, 0.717) is 36.9 Å². The zero-order valence-electron chi connectivity index (χ0n) is 14.7. The van der Waals surface area contributed by atoms with E-state index in [4.69, 9.17) is 0 Å². The van der Waals surface area contributed by atoms with Crippen molar-refractivity contribution in [3.63, 3.8) is 0 Å². The van der Waals surface area contributed by atoms with Crippen LogP contribution in [0.4, 0.5) is 0 Å². The topological polar surface area (TPSA) is 52.7 Å². The lowest BCUT2D eigenvalue weighted by molar-refractivity contribution is -0.145. The fraction of sp³-hybridized carbons (Fsp3) is 0.684. The number of hydrogen-bond acceptors (Lipinski definition) is 4. The molecule has 3 fully saturated rings. The maximum absolute atomic E-state index is 12.3. The first-order valence-corrected chi connectivity index (χ1v) is 10.4. The predicted molar refractivity (Wildman–Crippen MR) is 98.4 cm³/mol. The van der Waals surface area contributed by atoms with Gasteiger partial charge >= 0.3 is 0 Å². The Hall–Kier alpha value is -1.40. The molecule has 3 aliphatic rings. The van der Waals surface area contributed by atoms with E-state index in [1.165, 1.54) is 11.3 Å². The SMILES string of the molecule is O=C(CN1C[C@H]2C[C@H](C1)[C@H]1CCCC(=O)N1C2)NCCc1cccs1. The second-order valence-electron chi connectivity index (χ2n) is 7.74. The fourth-order valence-electron chi connectivity index (χ4n) is 4.88. The molecule has 136 valence electrons. The van der Waals surface area contributed by atoms with Gasteiger partial charge in [-0.3, -0.25) is 14.5 Å². The highest BCUT2D eigenvalue weighted by molar-refractivity contribution is 7.09. The first kappa shape index (κ1) is 17.0. The highest BCUT2D eigenvalue weighted by Gasteiger charge is 2.43. The van der Waals surface area contributed by atoms with E-state index in [0.717, 1.165) is 45.3 Å². The molecule has 3 saturated heterocycles. The van der Waals surface area contributed by atoms with Crippen LogP contribution in [-0.4, -0.2) is 60.4 Å². The molecule has 5 nitrogen and oxygen atoms in total. The molecule has 0 aromatic carbocycles. The summed E-state index contributed by atoms with van der Waals surface area (Å²) in [7, 11) is 0. The Morgan fingerprint density at radius 3 is 3.08 bits per heavy atom. The number of hydrogen-bond donors (Lipinski definition) is 1. The number of carbonyl (C=O) groups is 2. The Morgan fingerprint density at radius 2 is 2.24 bits per heavy atom. The molecule has 0 radical (unpaired) electrons. The standard InChI is InChI=1S/C19H27N3O2S/c23-18(20-7-6-16-3-2-8-25-16)13-21-10-14-9-15(12-21)17-4-1-5-19(24)22(17)11-14/h2-3,8,14-15,17H,1,4-7,9-13H2,(H,20,23)/t14-,15-,17-/m1/s1. The number of rotatable bonds is 5. The van der Waals surface area contributed by atoms with Crippen molar-refractivity contribution in [1.82, 2.24) is 15.1 Å². The molecule has 25 heavy (non-hydrogen) atoms. The maximum atomic E-state index is 12.3. The molecule has 4 heterocycles. The van der Waals surface area contributed by atoms with Crippen molar-refractivity contribution in [1.29, 1.82) is 0 Å². The highest BCUT2D eigenvalue weighted by Crippen LogP contribution is 2.37. The van der Waals surface area contributed by atoms with Gasteiger partial charge < -0.3 is 10.2 Å². The second kappa shape index (κ2) is 7.46. The normalized spacial score (nSPS) is 29.4. The largest absolute Gasteiger partial charge is 0.355 e. The van der Waals surface area contributed by atoms with Gasteiger partial charge in [-0.25, -0.2) is 0 Å². The summed E-state index contributed by atoms with van der Waals surface area (Å²) in [6.07, 6.45) is 5.04. The molecule has 0 spiro atoms. The molecular weight excluding hydrogens is 334 g/mol. The molecule has 0 aliphatic carbocycles. The van der Waals surface area contributed by atoms with Crippen molar-refractivity contribution >= 4 is 23.2 Å². The van der Waals surface area contributed by atoms with Crippen LogP contribution in [0.25, 0.3) is 0 Å². The molecule has 1 aromatic rings. The van der Waals surface area contributed by atoms with Crippen LogP contribution in [0, 0.1) is 11.8 Å². The van der Waals surface area contributed by atoms with Gasteiger partial charge in [0.15, 0.2) is 0 Å². The summed E-state index contributed by atoms with van der Waals surface area (Å²) in [5.41, 5.74) is 0. The van der Waals surface area contributed by atoms with Gasteiger partial charge in [-0.1, -0.05) is 6.07 Å². The summed E-state index contributed by atoms with van der Waals surface area (Å²) in [6, 6.07) is 4.58. The van der Waals surface area contributed by atoms with Crippen LogP contribution in [0.15, 0.2) is 17.5 Å². The molecule has 0 saturated carbocycles. The minimum absolute atomic E-state index is 0.133. The van der Waals surface area contributed by atoms with Gasteiger partial charge in [0.1, 0.15) is 0 Å². The summed E-state index contributed by atoms with van der Waals surface area (Å²) in [4.78, 5) is 30.2. The number of piperidine rings is 3. The van der Waals surface area contributed by atoms with Gasteiger partial charge in [-0.2, -0.15) is 0 Å². The van der Waals surface area contributed by atoms with Crippen LogP contribution >= 0.6 is 11.3 Å². The summed E-state index contributed by atoms with van der Waals surface area (Å²) < 4.78 is 0. The van der Waals surface area contributed by atoms with E-state index in [1.807, 2.05) is 6.07 Å². The Balaban J connectivity index is 1.27. The number of likely N-dealkylation sites (tertiary alicyclic amines) is 1. The van der Waals surface area contributed by atoms with E-state index in [9.17, 15) is 9.59 Å². The third kappa shape index (κ3) is 3.90. The molecule has 2 amide bonds. The highest BCUT2D eigenvalue weighted by atomic mass is 32.1. The number of thiophene rings is 1. The number of nitrogens with one attached hydrogen (secondary N) is 1. The molecule has 4 rings (SSSR count). The summed E-state index contributed by atoms with van der Waals surface area (Å²) in [5, 5.41) is 5.13. The van der Waals surface area contributed by atoms with Crippen molar-refractivity contribution in [3.05, 3.63) is 22.4 Å². The van der Waals surface area contributed by atoms with E-state index >= 15 is 0 Å². The summed E-state index contributed by atoms with van der Waals surface area (Å²) >= 11 is 1.74. The van der Waals surface area contributed by atoms with Crippen molar-refractivity contribution < 1.29 is 9.59 Å². The van der Waals surface area contributed by atoms with Crippen LogP contribution in [0.2, 0.25) is 0 Å². The monoisotopic (exact) mass is 361 g/mol. The van der Waals surface area contributed by atoms with Crippen LogP contribution in [0.1, 0.15) is 30.6 Å². The molecule has 1 aromatic heterocycles. The Kier molecular flexibility index (Phi) is 5.08. The van der Waals surface area contributed by atoms with Crippen molar-refractivity contribution in [2.45, 2.75) is 38.1 Å². The number of fused-ring (bicyclic) bond motifs is 4. The maximum Gasteiger partial charge on any atom is 0.234 e. The first-order valence-electron chi connectivity index (χ1n) is 9.50. The smallest absolute Gasteiger partial charge is 0.234 e. The van der Waals surface area contributed by atoms with Gasteiger partial charge in [0.05, 0.1) is 6.54 Å². The van der Waals surface area contributed by atoms with Gasteiger partial charge in [0.2, 0.25) is 11.8 Å². The van der Waals surface area contributed by atoms with E-state index in [1.54, 1.807) is 11.3 Å². The van der Waals surface area contributed by atoms with Crippen LogP contribution in [0.5, 0.6) is 0 Å². The minimum atomic E-state index is 0.133. The summed E-state index contributed by atoms with van der Waals surface area (Å²) in [5.74, 6) is 1.57.